The third kappa shape index (κ3) is 3.54. The minimum absolute atomic E-state index is 0.0776. The third-order valence-corrected chi connectivity index (χ3v) is 4.01. The molecule has 128 valence electrons. The predicted octanol–water partition coefficient (Wildman–Crippen LogP) is 4.70. The van der Waals surface area contributed by atoms with Gasteiger partial charge in [0.25, 0.3) is 5.91 Å². The number of para-hydroxylation sites is 1. The highest BCUT2D eigenvalue weighted by Crippen LogP contribution is 2.34. The lowest BCUT2D eigenvalue weighted by Gasteiger charge is -2.16. The van der Waals surface area contributed by atoms with Crippen LogP contribution in [0.5, 0.6) is 0 Å². The minimum Gasteiger partial charge on any atom is -0.478 e. The number of benzene rings is 3. The molecule has 0 aliphatic carbocycles. The van der Waals surface area contributed by atoms with Gasteiger partial charge in [0.1, 0.15) is 0 Å². The standard InChI is InChI=1S/C22H17NO3/c1-15(22(25)26)18-13-8-14-19(16-9-4-2-5-10-16)20(18)23-21(24)17-11-6-3-7-12-17/h2-14H,1H2,(H,23,24)(H,25,26). The van der Waals surface area contributed by atoms with Gasteiger partial charge in [-0.25, -0.2) is 4.79 Å². The number of carboxylic acid groups (broad SMARTS) is 1. The second-order valence-corrected chi connectivity index (χ2v) is 5.70. The lowest BCUT2D eigenvalue weighted by molar-refractivity contribution is -0.130. The maximum absolute atomic E-state index is 12.7. The zero-order valence-electron chi connectivity index (χ0n) is 14.0. The van der Waals surface area contributed by atoms with E-state index in [2.05, 4.69) is 11.9 Å². The van der Waals surface area contributed by atoms with E-state index >= 15 is 0 Å². The van der Waals surface area contributed by atoms with Crippen LogP contribution < -0.4 is 5.32 Å². The van der Waals surface area contributed by atoms with Gasteiger partial charge in [0, 0.05) is 16.7 Å². The van der Waals surface area contributed by atoms with Crippen LogP contribution in [0.4, 0.5) is 5.69 Å². The van der Waals surface area contributed by atoms with E-state index in [4.69, 9.17) is 0 Å². The number of rotatable bonds is 5. The van der Waals surface area contributed by atoms with E-state index in [1.54, 1.807) is 36.4 Å². The molecule has 3 rings (SSSR count). The first-order chi connectivity index (χ1) is 12.6. The molecular formula is C22H17NO3. The van der Waals surface area contributed by atoms with Gasteiger partial charge in [0.15, 0.2) is 0 Å². The second kappa shape index (κ2) is 7.49. The number of carbonyl (C=O) groups excluding carboxylic acids is 1. The van der Waals surface area contributed by atoms with Gasteiger partial charge in [0.05, 0.1) is 11.3 Å². The van der Waals surface area contributed by atoms with E-state index in [-0.39, 0.29) is 11.5 Å². The average Bonchev–Trinajstić information content (AvgIpc) is 2.68. The molecule has 0 saturated heterocycles. The van der Waals surface area contributed by atoms with Crippen molar-refractivity contribution in [2.75, 3.05) is 5.32 Å². The van der Waals surface area contributed by atoms with Gasteiger partial charge in [-0.05, 0) is 17.7 Å². The summed E-state index contributed by atoms with van der Waals surface area (Å²) in [5.74, 6) is -1.45. The number of carboxylic acids is 1. The Balaban J connectivity index is 2.12. The molecular weight excluding hydrogens is 326 g/mol. The first-order valence-corrected chi connectivity index (χ1v) is 8.05. The Morgan fingerprint density at radius 1 is 0.808 bits per heavy atom. The second-order valence-electron chi connectivity index (χ2n) is 5.70. The molecule has 0 radical (unpaired) electrons. The van der Waals surface area contributed by atoms with Crippen molar-refractivity contribution in [3.8, 4) is 11.1 Å². The maximum atomic E-state index is 12.7. The van der Waals surface area contributed by atoms with Crippen molar-refractivity contribution in [3.63, 3.8) is 0 Å². The van der Waals surface area contributed by atoms with Crippen molar-refractivity contribution in [3.05, 3.63) is 96.6 Å². The fourth-order valence-electron chi connectivity index (χ4n) is 2.69. The SMILES string of the molecule is C=C(C(=O)O)c1cccc(-c2ccccc2)c1NC(=O)c1ccccc1. The van der Waals surface area contributed by atoms with Crippen molar-refractivity contribution in [2.24, 2.45) is 0 Å². The Bertz CT molecular complexity index is 963. The molecule has 0 fully saturated rings. The fourth-order valence-corrected chi connectivity index (χ4v) is 2.69. The molecule has 26 heavy (non-hydrogen) atoms. The molecule has 4 nitrogen and oxygen atoms in total. The molecule has 4 heteroatoms. The number of hydrogen-bond donors (Lipinski definition) is 2. The van der Waals surface area contributed by atoms with Gasteiger partial charge >= 0.3 is 5.97 Å². The van der Waals surface area contributed by atoms with Gasteiger partial charge in [-0.15, -0.1) is 0 Å². The topological polar surface area (TPSA) is 66.4 Å². The molecule has 0 heterocycles. The van der Waals surface area contributed by atoms with Crippen molar-refractivity contribution < 1.29 is 14.7 Å². The van der Waals surface area contributed by atoms with Gasteiger partial charge in [-0.2, -0.15) is 0 Å². The molecule has 0 aromatic heterocycles. The summed E-state index contributed by atoms with van der Waals surface area (Å²) >= 11 is 0. The van der Waals surface area contributed by atoms with Gasteiger partial charge in [-0.1, -0.05) is 73.3 Å². The van der Waals surface area contributed by atoms with Crippen LogP contribution >= 0.6 is 0 Å². The van der Waals surface area contributed by atoms with Crippen LogP contribution in [0.15, 0.2) is 85.4 Å². The van der Waals surface area contributed by atoms with Crippen LogP contribution in [-0.4, -0.2) is 17.0 Å². The van der Waals surface area contributed by atoms with Crippen LogP contribution in [-0.2, 0) is 4.79 Å². The molecule has 0 unspecified atom stereocenters. The summed E-state index contributed by atoms with van der Waals surface area (Å²) in [6.45, 7) is 3.65. The number of amides is 1. The highest BCUT2D eigenvalue weighted by atomic mass is 16.4. The van der Waals surface area contributed by atoms with Crippen molar-refractivity contribution in [1.82, 2.24) is 0 Å². The van der Waals surface area contributed by atoms with E-state index in [0.717, 1.165) is 11.1 Å². The molecule has 0 spiro atoms. The quantitative estimate of drug-likeness (QED) is 0.660. The molecule has 0 bridgehead atoms. The van der Waals surface area contributed by atoms with E-state index in [1.165, 1.54) is 0 Å². The summed E-state index contributed by atoms with van der Waals surface area (Å²) in [7, 11) is 0. The number of hydrogen-bond acceptors (Lipinski definition) is 2. The molecule has 3 aromatic rings. The van der Waals surface area contributed by atoms with Crippen LogP contribution in [0.3, 0.4) is 0 Å². The summed E-state index contributed by atoms with van der Waals surface area (Å²) in [6, 6.07) is 23.5. The normalized spacial score (nSPS) is 10.2. The first kappa shape index (κ1) is 17.2. The van der Waals surface area contributed by atoms with Crippen LogP contribution in [0.25, 0.3) is 16.7 Å². The van der Waals surface area contributed by atoms with Crippen molar-refractivity contribution in [1.29, 1.82) is 0 Å². The Labute approximate surface area is 151 Å². The number of aliphatic carboxylic acids is 1. The van der Waals surface area contributed by atoms with Crippen LogP contribution in [0, 0.1) is 0 Å². The monoisotopic (exact) mass is 343 g/mol. The van der Waals surface area contributed by atoms with E-state index < -0.39 is 5.97 Å². The Hall–Kier alpha value is -3.66. The van der Waals surface area contributed by atoms with Crippen molar-refractivity contribution in [2.45, 2.75) is 0 Å². The Morgan fingerprint density at radius 3 is 2.04 bits per heavy atom. The zero-order chi connectivity index (χ0) is 18.5. The smallest absolute Gasteiger partial charge is 0.335 e. The van der Waals surface area contributed by atoms with Gasteiger partial charge < -0.3 is 10.4 Å². The minimum atomic E-state index is -1.13. The van der Waals surface area contributed by atoms with Crippen LogP contribution in [0.2, 0.25) is 0 Å². The summed E-state index contributed by atoms with van der Waals surface area (Å²) in [4.78, 5) is 24.1. The lowest BCUT2D eigenvalue weighted by Crippen LogP contribution is -2.15. The number of nitrogens with one attached hydrogen (secondary N) is 1. The predicted molar refractivity (Wildman–Crippen MR) is 103 cm³/mol. The molecule has 0 aliphatic rings. The molecule has 0 atom stereocenters. The van der Waals surface area contributed by atoms with Gasteiger partial charge in [0.2, 0.25) is 0 Å². The summed E-state index contributed by atoms with van der Waals surface area (Å²) in [6.07, 6.45) is 0. The zero-order valence-corrected chi connectivity index (χ0v) is 14.0. The highest BCUT2D eigenvalue weighted by molar-refractivity contribution is 6.19. The highest BCUT2D eigenvalue weighted by Gasteiger charge is 2.18. The number of carbonyl (C=O) groups is 2. The molecule has 1 amide bonds. The summed E-state index contributed by atoms with van der Waals surface area (Å²) in [5, 5.41) is 12.2. The van der Waals surface area contributed by atoms with Gasteiger partial charge in [-0.3, -0.25) is 4.79 Å². The van der Waals surface area contributed by atoms with Crippen LogP contribution in [0.1, 0.15) is 15.9 Å². The fraction of sp³-hybridized carbons (Fsp3) is 0. The third-order valence-electron chi connectivity index (χ3n) is 4.01. The first-order valence-electron chi connectivity index (χ1n) is 8.05. The average molecular weight is 343 g/mol. The molecule has 0 saturated carbocycles. The molecule has 3 aromatic carbocycles. The Kier molecular flexibility index (Phi) is 4.94. The number of anilines is 1. The summed E-state index contributed by atoms with van der Waals surface area (Å²) in [5.41, 5.74) is 2.82. The van der Waals surface area contributed by atoms with E-state index in [9.17, 15) is 14.7 Å². The summed E-state index contributed by atoms with van der Waals surface area (Å²) < 4.78 is 0. The van der Waals surface area contributed by atoms with E-state index in [0.29, 0.717) is 16.8 Å². The molecule has 2 N–H and O–H groups in total. The maximum Gasteiger partial charge on any atom is 0.335 e. The van der Waals surface area contributed by atoms with E-state index in [1.807, 2.05) is 42.5 Å². The largest absolute Gasteiger partial charge is 0.478 e. The lowest BCUT2D eigenvalue weighted by atomic mass is 9.96. The van der Waals surface area contributed by atoms with Crippen molar-refractivity contribution >= 4 is 23.1 Å². The molecule has 0 aliphatic heterocycles. The Morgan fingerprint density at radius 2 is 1.42 bits per heavy atom.